The number of methoxy groups -OCH3 is 1. The highest BCUT2D eigenvalue weighted by Crippen LogP contribution is 2.28. The fourth-order valence-corrected chi connectivity index (χ4v) is 2.41. The van der Waals surface area contributed by atoms with Crippen molar-refractivity contribution in [1.82, 2.24) is 0 Å². The van der Waals surface area contributed by atoms with Crippen LogP contribution in [0.25, 0.3) is 0 Å². The van der Waals surface area contributed by atoms with Crippen LogP contribution in [0.3, 0.4) is 0 Å². The Hall–Kier alpha value is -1.53. The van der Waals surface area contributed by atoms with Crippen molar-refractivity contribution in [3.05, 3.63) is 51.4 Å². The molecule has 1 N–H and O–H groups in total. The third kappa shape index (κ3) is 4.48. The van der Waals surface area contributed by atoms with Gasteiger partial charge < -0.3 is 14.8 Å². The largest absolute Gasteiger partial charge is 0.495 e. The molecule has 6 heteroatoms. The zero-order valence-corrected chi connectivity index (χ0v) is 15.3. The fraction of sp³-hybridized carbons (Fsp3) is 0.188. The lowest BCUT2D eigenvalue weighted by atomic mass is 10.2. The molecule has 0 saturated heterocycles. The lowest BCUT2D eigenvalue weighted by molar-refractivity contribution is -0.122. The van der Waals surface area contributed by atoms with E-state index in [0.717, 1.165) is 8.95 Å². The molecule has 0 saturated carbocycles. The number of hydrogen-bond acceptors (Lipinski definition) is 3. The number of nitrogens with one attached hydrogen (secondary N) is 1. The van der Waals surface area contributed by atoms with E-state index in [-0.39, 0.29) is 5.91 Å². The topological polar surface area (TPSA) is 47.6 Å². The van der Waals surface area contributed by atoms with Gasteiger partial charge in [0.25, 0.3) is 5.91 Å². The minimum Gasteiger partial charge on any atom is -0.495 e. The van der Waals surface area contributed by atoms with Crippen molar-refractivity contribution in [1.29, 1.82) is 0 Å². The van der Waals surface area contributed by atoms with Gasteiger partial charge in [0.05, 0.1) is 12.8 Å². The van der Waals surface area contributed by atoms with Crippen LogP contribution in [-0.2, 0) is 4.79 Å². The van der Waals surface area contributed by atoms with E-state index in [1.807, 2.05) is 18.2 Å². The molecule has 1 unspecified atom stereocenters. The van der Waals surface area contributed by atoms with Gasteiger partial charge in [-0.2, -0.15) is 0 Å². The van der Waals surface area contributed by atoms with Crippen molar-refractivity contribution in [3.63, 3.8) is 0 Å². The van der Waals surface area contributed by atoms with Gasteiger partial charge in [0, 0.05) is 8.95 Å². The van der Waals surface area contributed by atoms with Crippen LogP contribution in [0.5, 0.6) is 11.5 Å². The molecule has 116 valence electrons. The number of carbonyl (C=O) groups excluding carboxylic acids is 1. The van der Waals surface area contributed by atoms with E-state index in [4.69, 9.17) is 9.47 Å². The molecule has 0 aliphatic heterocycles. The Morgan fingerprint density at radius 2 is 1.73 bits per heavy atom. The second-order valence-electron chi connectivity index (χ2n) is 4.55. The van der Waals surface area contributed by atoms with E-state index >= 15 is 0 Å². The molecule has 0 fully saturated rings. The van der Waals surface area contributed by atoms with Gasteiger partial charge in [0.15, 0.2) is 6.10 Å². The molecule has 0 aliphatic carbocycles. The molecular weight excluding hydrogens is 414 g/mol. The average Bonchev–Trinajstić information content (AvgIpc) is 2.49. The maximum absolute atomic E-state index is 12.2. The van der Waals surface area contributed by atoms with Gasteiger partial charge >= 0.3 is 0 Å². The fourth-order valence-electron chi connectivity index (χ4n) is 1.78. The summed E-state index contributed by atoms with van der Waals surface area (Å²) in [5, 5.41) is 2.81. The molecule has 0 radical (unpaired) electrons. The van der Waals surface area contributed by atoms with Crippen molar-refractivity contribution in [3.8, 4) is 11.5 Å². The first-order valence-corrected chi connectivity index (χ1v) is 8.15. The van der Waals surface area contributed by atoms with Crippen molar-refractivity contribution in [2.24, 2.45) is 0 Å². The summed E-state index contributed by atoms with van der Waals surface area (Å²) in [6.45, 7) is 1.70. The number of benzene rings is 2. The van der Waals surface area contributed by atoms with Gasteiger partial charge in [-0.15, -0.1) is 0 Å². The highest BCUT2D eigenvalue weighted by atomic mass is 79.9. The average molecular weight is 429 g/mol. The Balaban J connectivity index is 2.05. The molecule has 2 aromatic rings. The van der Waals surface area contributed by atoms with E-state index in [0.29, 0.717) is 17.2 Å². The van der Waals surface area contributed by atoms with Gasteiger partial charge in [-0.3, -0.25) is 4.79 Å². The molecule has 0 bridgehead atoms. The van der Waals surface area contributed by atoms with Gasteiger partial charge in [0.2, 0.25) is 0 Å². The minimum absolute atomic E-state index is 0.251. The van der Waals surface area contributed by atoms with E-state index in [1.165, 1.54) is 0 Å². The van der Waals surface area contributed by atoms with Crippen molar-refractivity contribution in [2.45, 2.75) is 13.0 Å². The first-order valence-electron chi connectivity index (χ1n) is 6.56. The molecule has 2 rings (SSSR count). The number of ether oxygens (including phenoxy) is 2. The summed E-state index contributed by atoms with van der Waals surface area (Å²) < 4.78 is 12.7. The lowest BCUT2D eigenvalue weighted by Crippen LogP contribution is -2.30. The number of hydrogen-bond donors (Lipinski definition) is 1. The number of rotatable bonds is 5. The molecule has 2 aromatic carbocycles. The zero-order chi connectivity index (χ0) is 16.1. The summed E-state index contributed by atoms with van der Waals surface area (Å²) >= 11 is 6.72. The van der Waals surface area contributed by atoms with Crippen LogP contribution < -0.4 is 14.8 Å². The Kier molecular flexibility index (Phi) is 5.85. The van der Waals surface area contributed by atoms with Crippen molar-refractivity contribution >= 4 is 43.5 Å². The molecule has 0 spiro atoms. The summed E-state index contributed by atoms with van der Waals surface area (Å²) in [5.41, 5.74) is 0.591. The van der Waals surface area contributed by atoms with Gasteiger partial charge in [-0.05, 0) is 49.4 Å². The van der Waals surface area contributed by atoms with Crippen LogP contribution in [-0.4, -0.2) is 19.1 Å². The molecule has 0 aromatic heterocycles. The molecular formula is C16H15Br2NO3. The zero-order valence-electron chi connectivity index (χ0n) is 12.1. The smallest absolute Gasteiger partial charge is 0.265 e. The monoisotopic (exact) mass is 427 g/mol. The third-order valence-electron chi connectivity index (χ3n) is 2.92. The first kappa shape index (κ1) is 16.8. The predicted octanol–water partition coefficient (Wildman–Crippen LogP) is 4.63. The molecule has 1 atom stereocenters. The first-order chi connectivity index (χ1) is 10.5. The van der Waals surface area contributed by atoms with E-state index in [9.17, 15) is 4.79 Å². The molecule has 4 nitrogen and oxygen atoms in total. The van der Waals surface area contributed by atoms with Crippen LogP contribution in [0.15, 0.2) is 51.4 Å². The SMILES string of the molecule is COc1ccc(Br)cc1NC(=O)C(C)Oc1ccc(Br)cc1. The van der Waals surface area contributed by atoms with Crippen LogP contribution in [0.2, 0.25) is 0 Å². The summed E-state index contributed by atoms with van der Waals surface area (Å²) in [4.78, 5) is 12.2. The van der Waals surface area contributed by atoms with Crippen LogP contribution >= 0.6 is 31.9 Å². The number of carbonyl (C=O) groups is 1. The van der Waals surface area contributed by atoms with E-state index < -0.39 is 6.10 Å². The maximum Gasteiger partial charge on any atom is 0.265 e. The van der Waals surface area contributed by atoms with E-state index in [2.05, 4.69) is 37.2 Å². The van der Waals surface area contributed by atoms with Crippen LogP contribution in [0.4, 0.5) is 5.69 Å². The summed E-state index contributed by atoms with van der Waals surface area (Å²) in [6, 6.07) is 12.7. The van der Waals surface area contributed by atoms with Gasteiger partial charge in [-0.1, -0.05) is 31.9 Å². The summed E-state index contributed by atoms with van der Waals surface area (Å²) in [6.07, 6.45) is -0.634. The highest BCUT2D eigenvalue weighted by Gasteiger charge is 2.17. The van der Waals surface area contributed by atoms with Gasteiger partial charge in [-0.25, -0.2) is 0 Å². The number of halogens is 2. The number of anilines is 1. The highest BCUT2D eigenvalue weighted by molar-refractivity contribution is 9.10. The van der Waals surface area contributed by atoms with Gasteiger partial charge in [0.1, 0.15) is 11.5 Å². The van der Waals surface area contributed by atoms with Crippen LogP contribution in [0, 0.1) is 0 Å². The standard InChI is InChI=1S/C16H15Br2NO3/c1-10(22-13-6-3-11(17)4-7-13)16(20)19-14-9-12(18)5-8-15(14)21-2/h3-10H,1-2H3,(H,19,20). The Morgan fingerprint density at radius 3 is 2.36 bits per heavy atom. The Labute approximate surface area is 146 Å². The Morgan fingerprint density at radius 1 is 1.09 bits per heavy atom. The second kappa shape index (κ2) is 7.65. The minimum atomic E-state index is -0.634. The Bertz CT molecular complexity index is 659. The summed E-state index contributed by atoms with van der Waals surface area (Å²) in [5.74, 6) is 0.971. The van der Waals surface area contributed by atoms with Crippen LogP contribution in [0.1, 0.15) is 6.92 Å². The number of amides is 1. The maximum atomic E-state index is 12.2. The lowest BCUT2D eigenvalue weighted by Gasteiger charge is -2.16. The van der Waals surface area contributed by atoms with Crippen molar-refractivity contribution in [2.75, 3.05) is 12.4 Å². The molecule has 0 aliphatic rings. The van der Waals surface area contributed by atoms with E-state index in [1.54, 1.807) is 38.3 Å². The third-order valence-corrected chi connectivity index (χ3v) is 3.94. The quantitative estimate of drug-likeness (QED) is 0.755. The predicted molar refractivity (Wildman–Crippen MR) is 93.6 cm³/mol. The summed E-state index contributed by atoms with van der Waals surface area (Å²) in [7, 11) is 1.56. The second-order valence-corrected chi connectivity index (χ2v) is 6.38. The molecule has 22 heavy (non-hydrogen) atoms. The molecule has 1 amide bonds. The molecule has 0 heterocycles. The van der Waals surface area contributed by atoms with Crippen molar-refractivity contribution < 1.29 is 14.3 Å². The normalized spacial score (nSPS) is 11.6.